The zero-order valence-corrected chi connectivity index (χ0v) is 11.9. The topological polar surface area (TPSA) is 110 Å². The third-order valence-electron chi connectivity index (χ3n) is 2.14. The van der Waals surface area contributed by atoms with Gasteiger partial charge in [0, 0.05) is 6.54 Å². The van der Waals surface area contributed by atoms with E-state index in [1.54, 1.807) is 4.90 Å². The van der Waals surface area contributed by atoms with Gasteiger partial charge in [0.25, 0.3) is 0 Å². The molecule has 0 aromatic carbocycles. The molecule has 1 amide bonds. The Labute approximate surface area is 114 Å². The Morgan fingerprint density at radius 2 is 2.22 bits per heavy atom. The summed E-state index contributed by atoms with van der Waals surface area (Å²) in [6.45, 7) is 4.84. The van der Waals surface area contributed by atoms with Crippen LogP contribution < -0.4 is 21.9 Å². The van der Waals surface area contributed by atoms with E-state index in [2.05, 4.69) is 31.3 Å². The Bertz CT molecular complexity index is 425. The number of nitrogens with one attached hydrogen (secondary N) is 1. The second kappa shape index (κ2) is 6.50. The Morgan fingerprint density at radius 1 is 1.56 bits per heavy atom. The summed E-state index contributed by atoms with van der Waals surface area (Å²) in [5.41, 5.74) is 7.70. The molecule has 0 aliphatic carbocycles. The van der Waals surface area contributed by atoms with Crippen LogP contribution in [0.4, 0.5) is 11.6 Å². The van der Waals surface area contributed by atoms with E-state index in [0.717, 1.165) is 0 Å². The molecule has 0 bridgehead atoms. The lowest BCUT2D eigenvalue weighted by molar-refractivity contribution is -0.116. The first kappa shape index (κ1) is 14.7. The van der Waals surface area contributed by atoms with Gasteiger partial charge >= 0.3 is 0 Å². The van der Waals surface area contributed by atoms with Crippen molar-refractivity contribution in [2.45, 2.75) is 13.8 Å². The maximum atomic E-state index is 11.1. The summed E-state index contributed by atoms with van der Waals surface area (Å²) in [5.74, 6) is 6.33. The van der Waals surface area contributed by atoms with Crippen LogP contribution in [-0.2, 0) is 4.79 Å². The molecule has 8 heteroatoms. The highest BCUT2D eigenvalue weighted by molar-refractivity contribution is 9.10. The molecule has 5 N–H and O–H groups in total. The van der Waals surface area contributed by atoms with Gasteiger partial charge < -0.3 is 16.1 Å². The molecule has 1 heterocycles. The van der Waals surface area contributed by atoms with Gasteiger partial charge in [-0.3, -0.25) is 4.79 Å². The molecule has 0 saturated heterocycles. The number of amides is 1. The number of halogens is 1. The molecule has 7 nitrogen and oxygen atoms in total. The molecule has 0 radical (unpaired) electrons. The predicted octanol–water partition coefficient (Wildman–Crippen LogP) is 0.472. The largest absolute Gasteiger partial charge is 0.368 e. The number of nitrogens with zero attached hydrogens (tertiary/aromatic N) is 3. The smallest absolute Gasteiger partial charge is 0.236 e. The highest BCUT2D eigenvalue weighted by Crippen LogP contribution is 2.29. The lowest BCUT2D eigenvalue weighted by Gasteiger charge is -2.25. The molecule has 100 valence electrons. The van der Waals surface area contributed by atoms with Crippen molar-refractivity contribution in [2.24, 2.45) is 17.5 Å². The van der Waals surface area contributed by atoms with Crippen molar-refractivity contribution in [3.05, 3.63) is 10.8 Å². The Balaban J connectivity index is 3.07. The van der Waals surface area contributed by atoms with Gasteiger partial charge in [0.15, 0.2) is 5.82 Å². The summed E-state index contributed by atoms with van der Waals surface area (Å²) in [7, 11) is 0. The lowest BCUT2D eigenvalue weighted by atomic mass is 10.2. The SMILES string of the molecule is CC(C)CN(CC(N)=O)c1ncnc(NN)c1Br. The fourth-order valence-corrected chi connectivity index (χ4v) is 2.11. The molecule has 1 aromatic rings. The average Bonchev–Trinajstić information content (AvgIpc) is 2.27. The molecular weight excluding hydrogens is 300 g/mol. The molecule has 0 atom stereocenters. The third kappa shape index (κ3) is 3.81. The summed E-state index contributed by atoms with van der Waals surface area (Å²) in [6.07, 6.45) is 1.38. The standard InChI is InChI=1S/C10H17BrN6O/c1-6(2)3-17(4-7(12)18)10-8(11)9(16-13)14-5-15-10/h5-6H,3-4,13H2,1-2H3,(H2,12,18)(H,14,15,16). The average molecular weight is 317 g/mol. The van der Waals surface area contributed by atoms with E-state index in [9.17, 15) is 4.79 Å². The monoisotopic (exact) mass is 316 g/mol. The van der Waals surface area contributed by atoms with E-state index in [0.29, 0.717) is 28.6 Å². The van der Waals surface area contributed by atoms with Crippen molar-refractivity contribution in [2.75, 3.05) is 23.4 Å². The molecule has 0 unspecified atom stereocenters. The fraction of sp³-hybridized carbons (Fsp3) is 0.500. The minimum absolute atomic E-state index is 0.0950. The molecule has 0 spiro atoms. The summed E-state index contributed by atoms with van der Waals surface area (Å²) in [5, 5.41) is 0. The highest BCUT2D eigenvalue weighted by atomic mass is 79.9. The zero-order chi connectivity index (χ0) is 13.7. The summed E-state index contributed by atoms with van der Waals surface area (Å²) >= 11 is 3.36. The number of rotatable bonds is 6. The van der Waals surface area contributed by atoms with E-state index in [-0.39, 0.29) is 6.54 Å². The number of hydrogen-bond acceptors (Lipinski definition) is 6. The summed E-state index contributed by atoms with van der Waals surface area (Å²) in [6, 6.07) is 0. The van der Waals surface area contributed by atoms with Crippen molar-refractivity contribution in [1.29, 1.82) is 0 Å². The quantitative estimate of drug-likeness (QED) is 0.520. The van der Waals surface area contributed by atoms with E-state index in [4.69, 9.17) is 11.6 Å². The van der Waals surface area contributed by atoms with Gasteiger partial charge in [-0.2, -0.15) is 0 Å². The van der Waals surface area contributed by atoms with Crippen LogP contribution in [0.25, 0.3) is 0 Å². The van der Waals surface area contributed by atoms with Crippen LogP contribution in [0.2, 0.25) is 0 Å². The van der Waals surface area contributed by atoms with Crippen LogP contribution in [0, 0.1) is 5.92 Å². The molecule has 0 aliphatic rings. The summed E-state index contributed by atoms with van der Waals surface area (Å²) < 4.78 is 0.606. The molecule has 0 fully saturated rings. The Morgan fingerprint density at radius 3 is 2.72 bits per heavy atom. The van der Waals surface area contributed by atoms with Gasteiger partial charge in [-0.05, 0) is 21.8 Å². The first-order valence-corrected chi connectivity index (χ1v) is 6.25. The van der Waals surface area contributed by atoms with E-state index < -0.39 is 5.91 Å². The van der Waals surface area contributed by atoms with Crippen LogP contribution in [0.3, 0.4) is 0 Å². The molecule has 18 heavy (non-hydrogen) atoms. The number of anilines is 2. The minimum Gasteiger partial charge on any atom is -0.368 e. The van der Waals surface area contributed by atoms with Gasteiger partial charge in [0.2, 0.25) is 5.91 Å². The molecular formula is C10H17BrN6O. The molecule has 0 saturated carbocycles. The first-order valence-electron chi connectivity index (χ1n) is 5.46. The number of hydrazine groups is 1. The van der Waals surface area contributed by atoms with E-state index in [1.165, 1.54) is 6.33 Å². The number of primary amides is 1. The van der Waals surface area contributed by atoms with Crippen molar-refractivity contribution in [3.8, 4) is 0 Å². The maximum Gasteiger partial charge on any atom is 0.236 e. The van der Waals surface area contributed by atoms with Gasteiger partial charge in [0.1, 0.15) is 16.6 Å². The minimum atomic E-state index is -0.414. The van der Waals surface area contributed by atoms with E-state index >= 15 is 0 Å². The third-order valence-corrected chi connectivity index (χ3v) is 2.87. The normalized spacial score (nSPS) is 10.5. The molecule has 1 aromatic heterocycles. The number of aromatic nitrogens is 2. The van der Waals surface area contributed by atoms with Crippen LogP contribution in [0.5, 0.6) is 0 Å². The number of carbonyl (C=O) groups excluding carboxylic acids is 1. The first-order chi connectivity index (χ1) is 8.45. The highest BCUT2D eigenvalue weighted by Gasteiger charge is 2.17. The van der Waals surface area contributed by atoms with Crippen LogP contribution in [0.1, 0.15) is 13.8 Å². The number of carbonyl (C=O) groups is 1. The zero-order valence-electron chi connectivity index (χ0n) is 10.4. The fourth-order valence-electron chi connectivity index (χ4n) is 1.54. The van der Waals surface area contributed by atoms with Gasteiger partial charge in [-0.15, -0.1) is 0 Å². The van der Waals surface area contributed by atoms with Crippen molar-refractivity contribution in [1.82, 2.24) is 9.97 Å². The van der Waals surface area contributed by atoms with Crippen molar-refractivity contribution >= 4 is 33.5 Å². The Hall–Kier alpha value is -1.41. The predicted molar refractivity (Wildman–Crippen MR) is 73.8 cm³/mol. The lowest BCUT2D eigenvalue weighted by Crippen LogP contribution is -2.37. The second-order valence-electron chi connectivity index (χ2n) is 4.24. The number of nitrogens with two attached hydrogens (primary N) is 2. The van der Waals surface area contributed by atoms with Gasteiger partial charge in [-0.25, -0.2) is 15.8 Å². The van der Waals surface area contributed by atoms with Crippen LogP contribution in [-0.4, -0.2) is 29.0 Å². The van der Waals surface area contributed by atoms with Crippen molar-refractivity contribution in [3.63, 3.8) is 0 Å². The van der Waals surface area contributed by atoms with Crippen molar-refractivity contribution < 1.29 is 4.79 Å². The molecule has 1 rings (SSSR count). The Kier molecular flexibility index (Phi) is 5.29. The summed E-state index contributed by atoms with van der Waals surface area (Å²) in [4.78, 5) is 21.0. The maximum absolute atomic E-state index is 11.1. The van der Waals surface area contributed by atoms with Gasteiger partial charge in [-0.1, -0.05) is 13.8 Å². The number of hydrogen-bond donors (Lipinski definition) is 3. The molecule has 0 aliphatic heterocycles. The second-order valence-corrected chi connectivity index (χ2v) is 5.04. The number of nitrogen functional groups attached to an aromatic ring is 1. The van der Waals surface area contributed by atoms with E-state index in [1.807, 2.05) is 13.8 Å². The van der Waals surface area contributed by atoms with Crippen LogP contribution >= 0.6 is 15.9 Å². The van der Waals surface area contributed by atoms with Gasteiger partial charge in [0.05, 0.1) is 6.54 Å². The van der Waals surface area contributed by atoms with Crippen LogP contribution in [0.15, 0.2) is 10.8 Å².